The molecule has 0 fully saturated rings. The van der Waals surface area contributed by atoms with Gasteiger partial charge >= 0.3 is 5.63 Å². The molecule has 0 radical (unpaired) electrons. The summed E-state index contributed by atoms with van der Waals surface area (Å²) in [7, 11) is 0. The Labute approximate surface area is 158 Å². The van der Waals surface area contributed by atoms with Gasteiger partial charge in [-0.2, -0.15) is 0 Å². The van der Waals surface area contributed by atoms with Crippen LogP contribution in [-0.4, -0.2) is 18.2 Å². The van der Waals surface area contributed by atoms with Gasteiger partial charge < -0.3 is 13.9 Å². The Morgan fingerprint density at radius 2 is 1.96 bits per heavy atom. The minimum absolute atomic E-state index is 0.0404. The molecule has 0 saturated heterocycles. The van der Waals surface area contributed by atoms with E-state index < -0.39 is 5.63 Å². The standard InChI is InChI=1S/C19H13Cl2NO4/c20-13-8-11(10-16-17(13)25-7-3-6-24-16)9-14(21)18-22-15-5-2-1-4-12(15)19(23)26-18/h1-2,4-5,8-10H,3,6-7H2/b14-9-. The molecule has 2 heterocycles. The maximum absolute atomic E-state index is 12.1. The van der Waals surface area contributed by atoms with Gasteiger partial charge in [0.05, 0.1) is 29.1 Å². The maximum Gasteiger partial charge on any atom is 0.347 e. The van der Waals surface area contributed by atoms with Crippen molar-refractivity contribution in [1.29, 1.82) is 0 Å². The summed E-state index contributed by atoms with van der Waals surface area (Å²) in [6.07, 6.45) is 2.39. The number of aromatic nitrogens is 1. The molecule has 1 aliphatic rings. The molecule has 0 aliphatic carbocycles. The average Bonchev–Trinajstić information content (AvgIpc) is 2.87. The van der Waals surface area contributed by atoms with Crippen molar-refractivity contribution in [3.63, 3.8) is 0 Å². The van der Waals surface area contributed by atoms with Gasteiger partial charge in [-0.05, 0) is 35.9 Å². The highest BCUT2D eigenvalue weighted by atomic mass is 35.5. The first-order valence-corrected chi connectivity index (χ1v) is 8.74. The van der Waals surface area contributed by atoms with Crippen molar-refractivity contribution in [2.75, 3.05) is 13.2 Å². The molecule has 1 aromatic heterocycles. The zero-order valence-corrected chi connectivity index (χ0v) is 15.0. The number of benzene rings is 2. The van der Waals surface area contributed by atoms with Gasteiger partial charge in [0.25, 0.3) is 0 Å². The lowest BCUT2D eigenvalue weighted by Gasteiger charge is -2.10. The van der Waals surface area contributed by atoms with Gasteiger partial charge in [-0.1, -0.05) is 35.3 Å². The molecule has 0 unspecified atom stereocenters. The molecule has 3 aromatic rings. The number of fused-ring (bicyclic) bond motifs is 2. The van der Waals surface area contributed by atoms with Gasteiger partial charge in [-0.15, -0.1) is 0 Å². The van der Waals surface area contributed by atoms with Crippen LogP contribution in [0.5, 0.6) is 11.5 Å². The van der Waals surface area contributed by atoms with Crippen LogP contribution in [0.15, 0.2) is 45.6 Å². The Bertz CT molecular complexity index is 1070. The van der Waals surface area contributed by atoms with Crippen molar-refractivity contribution in [3.05, 3.63) is 63.3 Å². The van der Waals surface area contributed by atoms with Crippen LogP contribution < -0.4 is 15.1 Å². The first-order chi connectivity index (χ1) is 12.6. The lowest BCUT2D eigenvalue weighted by atomic mass is 10.2. The Morgan fingerprint density at radius 3 is 2.85 bits per heavy atom. The molecule has 0 spiro atoms. The molecule has 26 heavy (non-hydrogen) atoms. The van der Waals surface area contributed by atoms with Gasteiger partial charge in [0, 0.05) is 6.42 Å². The molecule has 5 nitrogen and oxygen atoms in total. The summed E-state index contributed by atoms with van der Waals surface area (Å²) in [5, 5.41) is 1.01. The van der Waals surface area contributed by atoms with Crippen LogP contribution in [0.2, 0.25) is 5.02 Å². The first-order valence-electron chi connectivity index (χ1n) is 7.98. The SMILES string of the molecule is O=c1oc(/C(Cl)=C/c2cc(Cl)c3c(c2)OCCCO3)nc2ccccc12. The summed E-state index contributed by atoms with van der Waals surface area (Å²) < 4.78 is 16.5. The Kier molecular flexibility index (Phi) is 4.57. The van der Waals surface area contributed by atoms with E-state index in [1.165, 1.54) is 0 Å². The molecule has 132 valence electrons. The second-order valence-corrected chi connectivity index (χ2v) is 6.51. The van der Waals surface area contributed by atoms with Crippen LogP contribution in [0.4, 0.5) is 0 Å². The van der Waals surface area contributed by atoms with E-state index in [1.807, 2.05) is 0 Å². The van der Waals surface area contributed by atoms with Gasteiger partial charge in [-0.3, -0.25) is 0 Å². The fraction of sp³-hybridized carbons (Fsp3) is 0.158. The fourth-order valence-corrected chi connectivity index (χ4v) is 3.14. The summed E-state index contributed by atoms with van der Waals surface area (Å²) in [5.41, 5.74) is 0.706. The van der Waals surface area contributed by atoms with Gasteiger partial charge in [0.1, 0.15) is 5.03 Å². The van der Waals surface area contributed by atoms with E-state index in [9.17, 15) is 4.79 Å². The molecule has 1 aliphatic heterocycles. The number of hydrogen-bond donors (Lipinski definition) is 0. The highest BCUT2D eigenvalue weighted by Crippen LogP contribution is 2.39. The zero-order valence-electron chi connectivity index (χ0n) is 13.5. The second kappa shape index (κ2) is 7.02. The van der Waals surface area contributed by atoms with E-state index in [4.69, 9.17) is 37.1 Å². The van der Waals surface area contributed by atoms with Crippen molar-refractivity contribution in [1.82, 2.24) is 4.98 Å². The second-order valence-electron chi connectivity index (χ2n) is 5.70. The van der Waals surface area contributed by atoms with Crippen molar-refractivity contribution < 1.29 is 13.9 Å². The molecule has 7 heteroatoms. The van der Waals surface area contributed by atoms with Gasteiger partial charge in [-0.25, -0.2) is 9.78 Å². The third-order valence-electron chi connectivity index (χ3n) is 3.86. The predicted molar refractivity (Wildman–Crippen MR) is 101 cm³/mol. The van der Waals surface area contributed by atoms with Crippen LogP contribution in [0.25, 0.3) is 22.0 Å². The van der Waals surface area contributed by atoms with Crippen molar-refractivity contribution in [2.45, 2.75) is 6.42 Å². The molecule has 4 rings (SSSR count). The van der Waals surface area contributed by atoms with Gasteiger partial charge in [0.2, 0.25) is 5.89 Å². The summed E-state index contributed by atoms with van der Waals surface area (Å²) in [6, 6.07) is 10.4. The summed E-state index contributed by atoms with van der Waals surface area (Å²) in [6.45, 7) is 1.10. The van der Waals surface area contributed by atoms with E-state index in [1.54, 1.807) is 42.5 Å². The smallest absolute Gasteiger partial charge is 0.347 e. The molecule has 0 amide bonds. The average molecular weight is 390 g/mol. The summed E-state index contributed by atoms with van der Waals surface area (Å²) in [5.74, 6) is 1.12. The topological polar surface area (TPSA) is 61.6 Å². The molecular formula is C19H13Cl2NO4. The highest BCUT2D eigenvalue weighted by molar-refractivity contribution is 6.50. The van der Waals surface area contributed by atoms with Crippen molar-refractivity contribution in [2.24, 2.45) is 0 Å². The number of ether oxygens (including phenoxy) is 2. The fourth-order valence-electron chi connectivity index (χ4n) is 2.66. The third-order valence-corrected chi connectivity index (χ3v) is 4.41. The van der Waals surface area contributed by atoms with Crippen molar-refractivity contribution in [3.8, 4) is 11.5 Å². The van der Waals surface area contributed by atoms with E-state index in [-0.39, 0.29) is 10.9 Å². The molecule has 2 aromatic carbocycles. The lowest BCUT2D eigenvalue weighted by molar-refractivity contribution is 0.297. The number of para-hydroxylation sites is 1. The molecule has 0 atom stereocenters. The highest BCUT2D eigenvalue weighted by Gasteiger charge is 2.16. The zero-order chi connectivity index (χ0) is 18.1. The summed E-state index contributed by atoms with van der Waals surface area (Å²) >= 11 is 12.6. The predicted octanol–water partition coefficient (Wildman–Crippen LogP) is 4.74. The number of nitrogens with zero attached hydrogens (tertiary/aromatic N) is 1. The Hall–Kier alpha value is -2.50. The third kappa shape index (κ3) is 3.28. The van der Waals surface area contributed by atoms with E-state index in [0.717, 1.165) is 6.42 Å². The van der Waals surface area contributed by atoms with E-state index >= 15 is 0 Å². The normalized spacial score (nSPS) is 14.3. The molecule has 0 N–H and O–H groups in total. The Morgan fingerprint density at radius 1 is 1.15 bits per heavy atom. The first kappa shape index (κ1) is 16.9. The van der Waals surface area contributed by atoms with Crippen LogP contribution in [0.1, 0.15) is 17.9 Å². The minimum Gasteiger partial charge on any atom is -0.489 e. The van der Waals surface area contributed by atoms with Crippen LogP contribution >= 0.6 is 23.2 Å². The van der Waals surface area contributed by atoms with Crippen LogP contribution in [-0.2, 0) is 0 Å². The quantitative estimate of drug-likeness (QED) is 0.633. The van der Waals surface area contributed by atoms with Crippen LogP contribution in [0.3, 0.4) is 0 Å². The minimum atomic E-state index is -0.492. The number of halogens is 2. The Balaban J connectivity index is 1.76. The van der Waals surface area contributed by atoms with Crippen LogP contribution in [0, 0.1) is 0 Å². The number of hydrogen-bond acceptors (Lipinski definition) is 5. The largest absolute Gasteiger partial charge is 0.489 e. The van der Waals surface area contributed by atoms with Gasteiger partial charge in [0.15, 0.2) is 11.5 Å². The van der Waals surface area contributed by atoms with Crippen molar-refractivity contribution >= 4 is 45.2 Å². The van der Waals surface area contributed by atoms with E-state index in [0.29, 0.717) is 46.2 Å². The number of rotatable bonds is 2. The monoisotopic (exact) mass is 389 g/mol. The lowest BCUT2D eigenvalue weighted by Crippen LogP contribution is -2.03. The molecule has 0 bridgehead atoms. The molecule has 0 saturated carbocycles. The van der Waals surface area contributed by atoms with E-state index in [2.05, 4.69) is 4.98 Å². The molecular weight excluding hydrogens is 377 g/mol. The summed E-state index contributed by atoms with van der Waals surface area (Å²) in [4.78, 5) is 16.4. The maximum atomic E-state index is 12.1.